The minimum atomic E-state index is -1.72. The van der Waals surface area contributed by atoms with E-state index in [1.807, 2.05) is 0 Å². The average molecular weight is 344 g/mol. The van der Waals surface area contributed by atoms with Crippen LogP contribution in [0.4, 0.5) is 0 Å². The highest BCUT2D eigenvalue weighted by molar-refractivity contribution is 6.43. The number of rotatable bonds is 7. The Morgan fingerprint density at radius 1 is 1.08 bits per heavy atom. The lowest BCUT2D eigenvalue weighted by Gasteiger charge is -2.17. The predicted molar refractivity (Wildman–Crippen MR) is 93.6 cm³/mol. The van der Waals surface area contributed by atoms with Crippen LogP contribution in [0.25, 0.3) is 0 Å². The van der Waals surface area contributed by atoms with Gasteiger partial charge < -0.3 is 25.4 Å². The maximum Gasteiger partial charge on any atom is 0.455 e. The Balaban J connectivity index is 2.09. The Morgan fingerprint density at radius 3 is 2.48 bits per heavy atom. The number of aromatic hydroxyl groups is 3. The number of phenolic OH excluding ortho intramolecular Hbond substituents is 3. The fraction of sp³-hybridized carbons (Fsp3) is 0.278. The number of phenols is 3. The van der Waals surface area contributed by atoms with Crippen molar-refractivity contribution >= 4 is 12.9 Å². The minimum Gasteiger partial charge on any atom is -0.508 e. The minimum absolute atomic E-state index is 0.0657. The van der Waals surface area contributed by atoms with Crippen molar-refractivity contribution in [2.75, 3.05) is 0 Å². The molecule has 2 aromatic carbocycles. The fourth-order valence-electron chi connectivity index (χ4n) is 2.74. The van der Waals surface area contributed by atoms with E-state index in [1.54, 1.807) is 25.1 Å². The molecule has 0 amide bonds. The molecule has 5 N–H and O–H groups in total. The van der Waals surface area contributed by atoms with E-state index in [2.05, 4.69) is 0 Å². The summed E-state index contributed by atoms with van der Waals surface area (Å²) in [6, 6.07) is 9.05. The summed E-state index contributed by atoms with van der Waals surface area (Å²) in [5, 5.41) is 48.4. The zero-order chi connectivity index (χ0) is 18.6. The first-order valence-electron chi connectivity index (χ1n) is 7.94. The lowest BCUT2D eigenvalue weighted by molar-refractivity contribution is -0.118. The number of carbonyl (C=O) groups excluding carboxylic acids is 1. The number of para-hydroxylation sites is 1. The highest BCUT2D eigenvalue weighted by Gasteiger charge is 2.27. The molecule has 0 aromatic heterocycles. The van der Waals surface area contributed by atoms with E-state index in [4.69, 9.17) is 0 Å². The fourth-order valence-corrected chi connectivity index (χ4v) is 2.74. The number of hydrogen-bond acceptors (Lipinski definition) is 6. The number of Topliss-reactive ketones (excluding diaryl/α,β-unsaturated/α-hetero) is 1. The van der Waals surface area contributed by atoms with Gasteiger partial charge in [-0.15, -0.1) is 0 Å². The molecule has 2 rings (SSSR count). The van der Waals surface area contributed by atoms with Crippen LogP contribution in [-0.2, 0) is 17.6 Å². The number of aryl methyl sites for hydroxylation is 1. The summed E-state index contributed by atoms with van der Waals surface area (Å²) in [4.78, 5) is 12.3. The van der Waals surface area contributed by atoms with Crippen LogP contribution in [0.2, 0.25) is 5.82 Å². The van der Waals surface area contributed by atoms with Gasteiger partial charge >= 0.3 is 7.12 Å². The number of ketones is 1. The van der Waals surface area contributed by atoms with E-state index in [1.165, 1.54) is 18.2 Å². The SMILES string of the molecule is Cc1cccc(CC(CC(=O)Cc2cc(O)ccc2O)B(O)O)c1O. The Morgan fingerprint density at radius 2 is 1.80 bits per heavy atom. The van der Waals surface area contributed by atoms with Crippen LogP contribution < -0.4 is 0 Å². The van der Waals surface area contributed by atoms with Gasteiger partial charge in [-0.05, 0) is 42.7 Å². The third-order valence-corrected chi connectivity index (χ3v) is 4.17. The maximum absolute atomic E-state index is 12.3. The first-order chi connectivity index (χ1) is 11.8. The topological polar surface area (TPSA) is 118 Å². The Kier molecular flexibility index (Phi) is 6.06. The van der Waals surface area contributed by atoms with Crippen molar-refractivity contribution in [1.29, 1.82) is 0 Å². The second kappa shape index (κ2) is 8.05. The molecule has 0 saturated carbocycles. The first-order valence-corrected chi connectivity index (χ1v) is 7.94. The normalized spacial score (nSPS) is 12.0. The van der Waals surface area contributed by atoms with E-state index in [9.17, 15) is 30.2 Å². The number of benzene rings is 2. The highest BCUT2D eigenvalue weighted by atomic mass is 16.4. The quantitative estimate of drug-likeness (QED) is 0.385. The van der Waals surface area contributed by atoms with Gasteiger partial charge in [0.2, 0.25) is 0 Å². The molecule has 0 aliphatic heterocycles. The van der Waals surface area contributed by atoms with Crippen molar-refractivity contribution in [2.45, 2.75) is 32.0 Å². The van der Waals surface area contributed by atoms with Crippen LogP contribution in [0, 0.1) is 6.92 Å². The smallest absolute Gasteiger partial charge is 0.455 e. The molecule has 0 saturated heterocycles. The Hall–Kier alpha value is -2.51. The molecule has 0 heterocycles. The van der Waals surface area contributed by atoms with Crippen molar-refractivity contribution in [3.05, 3.63) is 53.1 Å². The molecule has 25 heavy (non-hydrogen) atoms. The zero-order valence-electron chi connectivity index (χ0n) is 13.9. The molecular formula is C18H21BO6. The maximum atomic E-state index is 12.3. The molecule has 1 unspecified atom stereocenters. The van der Waals surface area contributed by atoms with Crippen LogP contribution in [0.3, 0.4) is 0 Å². The molecule has 2 aromatic rings. The Labute approximate surface area is 146 Å². The van der Waals surface area contributed by atoms with Gasteiger partial charge in [0.05, 0.1) is 0 Å². The molecular weight excluding hydrogens is 323 g/mol. The Bertz CT molecular complexity index is 759. The first kappa shape index (κ1) is 18.8. The van der Waals surface area contributed by atoms with Gasteiger partial charge in [-0.25, -0.2) is 0 Å². The largest absolute Gasteiger partial charge is 0.508 e. The summed E-state index contributed by atoms with van der Waals surface area (Å²) in [7, 11) is -1.72. The van der Waals surface area contributed by atoms with Crippen LogP contribution >= 0.6 is 0 Å². The van der Waals surface area contributed by atoms with Gasteiger partial charge in [0, 0.05) is 24.2 Å². The van der Waals surface area contributed by atoms with Crippen molar-refractivity contribution in [1.82, 2.24) is 0 Å². The van der Waals surface area contributed by atoms with Crippen molar-refractivity contribution in [2.24, 2.45) is 0 Å². The van der Waals surface area contributed by atoms with Gasteiger partial charge in [-0.3, -0.25) is 4.79 Å². The average Bonchev–Trinajstić information content (AvgIpc) is 2.54. The van der Waals surface area contributed by atoms with Crippen LogP contribution in [0.5, 0.6) is 17.2 Å². The van der Waals surface area contributed by atoms with Gasteiger partial charge in [-0.1, -0.05) is 18.2 Å². The van der Waals surface area contributed by atoms with Crippen molar-refractivity contribution in [3.63, 3.8) is 0 Å². The molecule has 132 valence electrons. The van der Waals surface area contributed by atoms with Gasteiger partial charge in [0.15, 0.2) is 0 Å². The molecule has 0 fully saturated rings. The van der Waals surface area contributed by atoms with E-state index >= 15 is 0 Å². The van der Waals surface area contributed by atoms with E-state index < -0.39 is 12.9 Å². The molecule has 6 nitrogen and oxygen atoms in total. The number of hydrogen-bond donors (Lipinski definition) is 5. The molecule has 0 radical (unpaired) electrons. The lowest BCUT2D eigenvalue weighted by Crippen LogP contribution is -2.25. The van der Waals surface area contributed by atoms with E-state index in [0.717, 1.165) is 0 Å². The second-order valence-electron chi connectivity index (χ2n) is 6.19. The summed E-state index contributed by atoms with van der Waals surface area (Å²) < 4.78 is 0. The molecule has 0 aliphatic rings. The summed E-state index contributed by atoms with van der Waals surface area (Å²) in [5.74, 6) is -1.20. The summed E-state index contributed by atoms with van der Waals surface area (Å²) >= 11 is 0. The van der Waals surface area contributed by atoms with Gasteiger partial charge in [-0.2, -0.15) is 0 Å². The summed E-state index contributed by atoms with van der Waals surface area (Å²) in [6.45, 7) is 1.74. The predicted octanol–water partition coefficient (Wildman–Crippen LogP) is 1.70. The van der Waals surface area contributed by atoms with Crippen LogP contribution in [-0.4, -0.2) is 38.3 Å². The van der Waals surface area contributed by atoms with Crippen LogP contribution in [0.15, 0.2) is 36.4 Å². The van der Waals surface area contributed by atoms with Crippen molar-refractivity contribution < 1.29 is 30.2 Å². The monoisotopic (exact) mass is 344 g/mol. The summed E-state index contributed by atoms with van der Waals surface area (Å²) in [6.07, 6.45) is -0.146. The highest BCUT2D eigenvalue weighted by Crippen LogP contribution is 2.29. The van der Waals surface area contributed by atoms with E-state index in [0.29, 0.717) is 11.1 Å². The standard InChI is InChI=1S/C18H21BO6/c1-11-3-2-4-12(18(11)23)7-14(19(24)25)10-16(21)9-13-8-15(20)5-6-17(13)22/h2-6,8,14,20,22-25H,7,9-10H2,1H3. The molecule has 0 bridgehead atoms. The zero-order valence-corrected chi connectivity index (χ0v) is 13.9. The molecule has 1 atom stereocenters. The summed E-state index contributed by atoms with van der Waals surface area (Å²) in [5.41, 5.74) is 1.47. The molecule has 0 spiro atoms. The van der Waals surface area contributed by atoms with Crippen LogP contribution in [0.1, 0.15) is 23.1 Å². The molecule has 7 heteroatoms. The van der Waals surface area contributed by atoms with Crippen molar-refractivity contribution in [3.8, 4) is 17.2 Å². The van der Waals surface area contributed by atoms with Gasteiger partial charge in [0.1, 0.15) is 23.0 Å². The third-order valence-electron chi connectivity index (χ3n) is 4.17. The van der Waals surface area contributed by atoms with Gasteiger partial charge in [0.25, 0.3) is 0 Å². The van der Waals surface area contributed by atoms with E-state index in [-0.39, 0.29) is 47.9 Å². The second-order valence-corrected chi connectivity index (χ2v) is 6.19. The third kappa shape index (κ3) is 4.98. The lowest BCUT2D eigenvalue weighted by atomic mass is 9.66. The molecule has 0 aliphatic carbocycles. The number of carbonyl (C=O) groups is 1.